The van der Waals surface area contributed by atoms with Crippen molar-refractivity contribution >= 4 is 52.1 Å². The van der Waals surface area contributed by atoms with Crippen LogP contribution in [0.15, 0.2) is 27.9 Å². The third-order valence-corrected chi connectivity index (χ3v) is 7.30. The highest BCUT2D eigenvalue weighted by Crippen LogP contribution is 2.35. The summed E-state index contributed by atoms with van der Waals surface area (Å²) >= 11 is 6.20. The molecule has 0 unspecified atom stereocenters. The van der Waals surface area contributed by atoms with Gasteiger partial charge in [0.25, 0.3) is 11.5 Å². The van der Waals surface area contributed by atoms with Crippen LogP contribution in [0.5, 0.6) is 11.5 Å². The predicted molar refractivity (Wildman–Crippen MR) is 150 cm³/mol. The molecule has 38 heavy (non-hydrogen) atoms. The van der Waals surface area contributed by atoms with Crippen LogP contribution in [0.1, 0.15) is 35.6 Å². The standard InChI is InChI=1S/C26H28N4O6S2/c1-5-10-29-23(28-9-8-16-6-7-19(35-3)20(11-16)36-4)17(15(2)18(13-27)24(29)33)12-21-25(34)30(14-22(31)32)26(37)38-21/h6-7,11-12,28H,5,8-10,14H2,1-4H3,(H,31,32)/b21-12+. The van der Waals surface area contributed by atoms with Crippen LogP contribution in [0.4, 0.5) is 5.82 Å². The van der Waals surface area contributed by atoms with Crippen LogP contribution >= 0.6 is 24.0 Å². The molecule has 1 aromatic heterocycles. The number of methoxy groups -OCH3 is 2. The minimum Gasteiger partial charge on any atom is -0.493 e. The Morgan fingerprint density at radius 1 is 1.26 bits per heavy atom. The van der Waals surface area contributed by atoms with Crippen LogP contribution in [-0.4, -0.2) is 58.1 Å². The molecule has 2 N–H and O–H groups in total. The molecule has 1 fully saturated rings. The second-order valence-electron chi connectivity index (χ2n) is 8.36. The number of carboxylic acid groups (broad SMARTS) is 1. The Bertz CT molecular complexity index is 1410. The van der Waals surface area contributed by atoms with Gasteiger partial charge in [-0.2, -0.15) is 5.26 Å². The van der Waals surface area contributed by atoms with Crippen molar-refractivity contribution in [2.24, 2.45) is 0 Å². The van der Waals surface area contributed by atoms with E-state index in [2.05, 4.69) is 5.32 Å². The van der Waals surface area contributed by atoms with E-state index in [0.717, 1.165) is 22.2 Å². The van der Waals surface area contributed by atoms with E-state index in [1.54, 1.807) is 27.2 Å². The lowest BCUT2D eigenvalue weighted by Gasteiger charge is -2.20. The van der Waals surface area contributed by atoms with Gasteiger partial charge in [-0.25, -0.2) is 0 Å². The minimum atomic E-state index is -1.18. The lowest BCUT2D eigenvalue weighted by molar-refractivity contribution is -0.140. The fourth-order valence-electron chi connectivity index (χ4n) is 4.05. The number of aromatic nitrogens is 1. The second kappa shape index (κ2) is 12.6. The van der Waals surface area contributed by atoms with Crippen LogP contribution in [-0.2, 0) is 22.6 Å². The fraction of sp³-hybridized carbons (Fsp3) is 0.346. The number of benzene rings is 1. The van der Waals surface area contributed by atoms with Crippen LogP contribution in [0.25, 0.3) is 6.08 Å². The summed E-state index contributed by atoms with van der Waals surface area (Å²) in [5.41, 5.74) is 1.45. The normalized spacial score (nSPS) is 14.1. The highest BCUT2D eigenvalue weighted by Gasteiger charge is 2.34. The number of carboxylic acids is 1. The summed E-state index contributed by atoms with van der Waals surface area (Å²) in [5, 5.41) is 22.2. The zero-order valence-electron chi connectivity index (χ0n) is 21.5. The first-order chi connectivity index (χ1) is 18.2. The number of hydrogen-bond acceptors (Lipinski definition) is 9. The quantitative estimate of drug-likeness (QED) is 0.313. The lowest BCUT2D eigenvalue weighted by atomic mass is 10.0. The van der Waals surface area contributed by atoms with Gasteiger partial charge in [-0.05, 0) is 49.1 Å². The third kappa shape index (κ3) is 6.00. The molecule has 2 heterocycles. The number of pyridine rings is 1. The Balaban J connectivity index is 2.04. The maximum Gasteiger partial charge on any atom is 0.323 e. The number of nitrogens with one attached hydrogen (secondary N) is 1. The van der Waals surface area contributed by atoms with Gasteiger partial charge in [0.05, 0.1) is 19.1 Å². The molecular weight excluding hydrogens is 528 g/mol. The summed E-state index contributed by atoms with van der Waals surface area (Å²) in [6.07, 6.45) is 2.79. The molecule has 0 aliphatic carbocycles. The van der Waals surface area contributed by atoms with E-state index in [4.69, 9.17) is 26.8 Å². The summed E-state index contributed by atoms with van der Waals surface area (Å²) < 4.78 is 12.3. The molecule has 1 aromatic carbocycles. The van der Waals surface area contributed by atoms with Crippen molar-refractivity contribution in [1.82, 2.24) is 9.47 Å². The van der Waals surface area contributed by atoms with Gasteiger partial charge in [0.1, 0.15) is 28.3 Å². The monoisotopic (exact) mass is 556 g/mol. The number of nitriles is 1. The van der Waals surface area contributed by atoms with Crippen LogP contribution in [0.2, 0.25) is 0 Å². The summed E-state index contributed by atoms with van der Waals surface area (Å²) in [5.74, 6) is -0.0286. The van der Waals surface area contributed by atoms with Gasteiger partial charge in [-0.15, -0.1) is 0 Å². The number of hydrogen-bond donors (Lipinski definition) is 2. The Morgan fingerprint density at radius 2 is 1.97 bits per heavy atom. The van der Waals surface area contributed by atoms with Crippen LogP contribution in [0, 0.1) is 18.3 Å². The van der Waals surface area contributed by atoms with Gasteiger partial charge in [0, 0.05) is 18.7 Å². The highest BCUT2D eigenvalue weighted by atomic mass is 32.2. The number of rotatable bonds is 11. The molecule has 0 radical (unpaired) electrons. The van der Waals surface area contributed by atoms with E-state index >= 15 is 0 Å². The van der Waals surface area contributed by atoms with Gasteiger partial charge >= 0.3 is 5.97 Å². The Labute approximate surface area is 229 Å². The first-order valence-corrected chi connectivity index (χ1v) is 13.0. The first-order valence-electron chi connectivity index (χ1n) is 11.8. The Kier molecular flexibility index (Phi) is 9.55. The third-order valence-electron chi connectivity index (χ3n) is 5.92. The zero-order chi connectivity index (χ0) is 28.0. The van der Waals surface area contributed by atoms with Crippen molar-refractivity contribution in [2.45, 2.75) is 33.2 Å². The van der Waals surface area contributed by atoms with E-state index in [-0.39, 0.29) is 14.8 Å². The molecule has 12 heteroatoms. The Hall–Kier alpha value is -3.82. The van der Waals surface area contributed by atoms with E-state index < -0.39 is 24.0 Å². The number of anilines is 1. The number of ether oxygens (including phenoxy) is 2. The van der Waals surface area contributed by atoms with Crippen LogP contribution in [0.3, 0.4) is 0 Å². The summed E-state index contributed by atoms with van der Waals surface area (Å²) in [6, 6.07) is 7.60. The average molecular weight is 557 g/mol. The number of amides is 1. The topological polar surface area (TPSA) is 134 Å². The number of carbonyl (C=O) groups excluding carboxylic acids is 1. The van der Waals surface area contributed by atoms with Gasteiger partial charge in [0.2, 0.25) is 0 Å². The smallest absolute Gasteiger partial charge is 0.323 e. The second-order valence-corrected chi connectivity index (χ2v) is 10.0. The molecule has 3 rings (SSSR count). The molecule has 1 aliphatic heterocycles. The molecule has 0 atom stereocenters. The largest absolute Gasteiger partial charge is 0.493 e. The molecule has 0 bridgehead atoms. The molecule has 1 saturated heterocycles. The van der Waals surface area contributed by atoms with Gasteiger partial charge in [0.15, 0.2) is 11.5 Å². The molecule has 200 valence electrons. The van der Waals surface area contributed by atoms with Gasteiger partial charge in [-0.3, -0.25) is 23.9 Å². The maximum absolute atomic E-state index is 13.2. The van der Waals surface area contributed by atoms with Crippen molar-refractivity contribution in [3.8, 4) is 17.6 Å². The predicted octanol–water partition coefficient (Wildman–Crippen LogP) is 3.40. The highest BCUT2D eigenvalue weighted by molar-refractivity contribution is 8.26. The zero-order valence-corrected chi connectivity index (χ0v) is 23.1. The Morgan fingerprint density at radius 3 is 2.58 bits per heavy atom. The molecule has 0 spiro atoms. The fourth-order valence-corrected chi connectivity index (χ4v) is 5.29. The summed E-state index contributed by atoms with van der Waals surface area (Å²) in [6.45, 7) is 3.82. The molecule has 1 amide bonds. The number of aliphatic carboxylic acids is 1. The van der Waals surface area contributed by atoms with Crippen molar-refractivity contribution in [2.75, 3.05) is 32.6 Å². The van der Waals surface area contributed by atoms with Crippen molar-refractivity contribution < 1.29 is 24.2 Å². The van der Waals surface area contributed by atoms with E-state index in [9.17, 15) is 19.6 Å². The number of carbonyl (C=O) groups is 2. The minimum absolute atomic E-state index is 0.0174. The molecule has 10 nitrogen and oxygen atoms in total. The van der Waals surface area contributed by atoms with Gasteiger partial charge in [-0.1, -0.05) is 37.0 Å². The number of nitrogens with zero attached hydrogens (tertiary/aromatic N) is 3. The lowest BCUT2D eigenvalue weighted by Crippen LogP contribution is -2.33. The van der Waals surface area contributed by atoms with E-state index in [1.165, 1.54) is 4.57 Å². The van der Waals surface area contributed by atoms with Crippen molar-refractivity contribution in [3.05, 3.63) is 55.7 Å². The molecular formula is C26H28N4O6S2. The average Bonchev–Trinajstić information content (AvgIpc) is 3.15. The maximum atomic E-state index is 13.2. The van der Waals surface area contributed by atoms with Gasteiger partial charge < -0.3 is 19.9 Å². The number of thioether (sulfide) groups is 1. The summed E-state index contributed by atoms with van der Waals surface area (Å²) in [4.78, 5) is 38.5. The van der Waals surface area contributed by atoms with E-state index in [1.807, 2.05) is 31.2 Å². The van der Waals surface area contributed by atoms with Crippen LogP contribution < -0.4 is 20.3 Å². The van der Waals surface area contributed by atoms with Crippen molar-refractivity contribution in [3.63, 3.8) is 0 Å². The number of thiocarbonyl (C=S) groups is 1. The molecule has 2 aromatic rings. The summed E-state index contributed by atoms with van der Waals surface area (Å²) in [7, 11) is 3.13. The molecule has 0 saturated carbocycles. The first kappa shape index (κ1) is 28.7. The van der Waals surface area contributed by atoms with Crippen molar-refractivity contribution in [1.29, 1.82) is 5.26 Å². The van der Waals surface area contributed by atoms with E-state index in [0.29, 0.717) is 54.4 Å². The SMILES string of the molecule is CCCn1c(NCCc2ccc(OC)c(OC)c2)c(/C=C2/SC(=S)N(CC(=O)O)C2=O)c(C)c(C#N)c1=O. The molecule has 1 aliphatic rings.